The van der Waals surface area contributed by atoms with Crippen LogP contribution in [-0.4, -0.2) is 30.9 Å². The predicted octanol–water partition coefficient (Wildman–Crippen LogP) is 1.79. The number of carbonyl (C=O) groups excluding carboxylic acids is 1. The molecule has 1 rings (SSSR count). The molecule has 0 saturated carbocycles. The molecule has 0 atom stereocenters. The molecule has 5 nitrogen and oxygen atoms in total. The molecule has 0 aliphatic rings. The number of aliphatic hydroxyl groups is 1. The van der Waals surface area contributed by atoms with Crippen LogP contribution >= 0.6 is 0 Å². The van der Waals surface area contributed by atoms with Crippen molar-refractivity contribution in [1.82, 2.24) is 5.32 Å². The van der Waals surface area contributed by atoms with Crippen LogP contribution in [0.4, 0.5) is 19.3 Å². The Bertz CT molecular complexity index is 388. The lowest BCUT2D eigenvalue weighted by atomic mass is 10.3. The maximum absolute atomic E-state index is 12.0. The number of hydrogen-bond acceptors (Lipinski definition) is 3. The molecular formula is C11H14F2N2O3. The van der Waals surface area contributed by atoms with Crippen LogP contribution < -0.4 is 15.4 Å². The molecular weight excluding hydrogens is 246 g/mol. The lowest BCUT2D eigenvalue weighted by Gasteiger charge is -2.09. The molecule has 1 aromatic carbocycles. The van der Waals surface area contributed by atoms with E-state index in [-0.39, 0.29) is 12.4 Å². The van der Waals surface area contributed by atoms with Gasteiger partial charge in [0, 0.05) is 24.9 Å². The number of anilines is 1. The summed E-state index contributed by atoms with van der Waals surface area (Å²) in [4.78, 5) is 11.3. The largest absolute Gasteiger partial charge is 0.435 e. The molecule has 0 unspecified atom stereocenters. The maximum atomic E-state index is 12.0. The second-order valence-electron chi connectivity index (χ2n) is 3.36. The number of amides is 2. The Hall–Kier alpha value is -1.89. The predicted molar refractivity (Wildman–Crippen MR) is 61.8 cm³/mol. The molecule has 100 valence electrons. The van der Waals surface area contributed by atoms with Crippen molar-refractivity contribution in [3.63, 3.8) is 0 Å². The van der Waals surface area contributed by atoms with Crippen LogP contribution in [-0.2, 0) is 0 Å². The standard InChI is InChI=1S/C11H14F2N2O3/c12-10(13)18-9-4-1-3-8(7-9)15-11(17)14-5-2-6-16/h1,3-4,7,10,16H,2,5-6H2,(H2,14,15,17). The van der Waals surface area contributed by atoms with E-state index < -0.39 is 12.6 Å². The van der Waals surface area contributed by atoms with Gasteiger partial charge in [0.15, 0.2) is 0 Å². The van der Waals surface area contributed by atoms with Crippen molar-refractivity contribution in [2.24, 2.45) is 0 Å². The lowest BCUT2D eigenvalue weighted by Crippen LogP contribution is -2.29. The summed E-state index contributed by atoms with van der Waals surface area (Å²) < 4.78 is 28.1. The second kappa shape index (κ2) is 7.44. The van der Waals surface area contributed by atoms with Gasteiger partial charge in [0.1, 0.15) is 5.75 Å². The quantitative estimate of drug-likeness (QED) is 0.683. The highest BCUT2D eigenvalue weighted by molar-refractivity contribution is 5.89. The average Bonchev–Trinajstić information content (AvgIpc) is 2.28. The van der Waals surface area contributed by atoms with Gasteiger partial charge >= 0.3 is 12.6 Å². The first-order valence-corrected chi connectivity index (χ1v) is 5.32. The van der Waals surface area contributed by atoms with Crippen LogP contribution in [0.25, 0.3) is 0 Å². The van der Waals surface area contributed by atoms with Crippen molar-refractivity contribution in [1.29, 1.82) is 0 Å². The van der Waals surface area contributed by atoms with Crippen LogP contribution in [0.3, 0.4) is 0 Å². The van der Waals surface area contributed by atoms with Gasteiger partial charge in [-0.25, -0.2) is 4.79 Å². The molecule has 0 spiro atoms. The fourth-order valence-electron chi connectivity index (χ4n) is 1.21. The van der Waals surface area contributed by atoms with E-state index in [1.54, 1.807) is 6.07 Å². The van der Waals surface area contributed by atoms with Gasteiger partial charge in [-0.05, 0) is 18.6 Å². The molecule has 18 heavy (non-hydrogen) atoms. The van der Waals surface area contributed by atoms with Crippen LogP contribution in [0.5, 0.6) is 5.75 Å². The minimum Gasteiger partial charge on any atom is -0.435 e. The normalized spacial score (nSPS) is 10.2. The third-order valence-corrected chi connectivity index (χ3v) is 1.94. The minimum absolute atomic E-state index is 0.0159. The van der Waals surface area contributed by atoms with Crippen molar-refractivity contribution >= 4 is 11.7 Å². The molecule has 3 N–H and O–H groups in total. The second-order valence-corrected chi connectivity index (χ2v) is 3.36. The molecule has 1 aromatic rings. The third kappa shape index (κ3) is 5.44. The van der Waals surface area contributed by atoms with Gasteiger partial charge in [-0.3, -0.25) is 0 Å². The van der Waals surface area contributed by atoms with Gasteiger partial charge in [-0.2, -0.15) is 8.78 Å². The van der Waals surface area contributed by atoms with Gasteiger partial charge in [-0.1, -0.05) is 6.07 Å². The molecule has 2 amide bonds. The first-order valence-electron chi connectivity index (χ1n) is 5.32. The number of nitrogens with one attached hydrogen (secondary N) is 2. The van der Waals surface area contributed by atoms with Crippen molar-refractivity contribution in [2.45, 2.75) is 13.0 Å². The SMILES string of the molecule is O=C(NCCCO)Nc1cccc(OC(F)F)c1. The smallest absolute Gasteiger partial charge is 0.387 e. The summed E-state index contributed by atoms with van der Waals surface area (Å²) in [5.41, 5.74) is 0.342. The van der Waals surface area contributed by atoms with Crippen molar-refractivity contribution in [3.8, 4) is 5.75 Å². The number of hydrogen-bond donors (Lipinski definition) is 3. The van der Waals surface area contributed by atoms with E-state index in [2.05, 4.69) is 15.4 Å². The molecule has 0 saturated heterocycles. The summed E-state index contributed by atoms with van der Waals surface area (Å²) in [5.74, 6) is -0.0295. The molecule has 0 heterocycles. The fraction of sp³-hybridized carbons (Fsp3) is 0.364. The van der Waals surface area contributed by atoms with E-state index in [0.29, 0.717) is 18.7 Å². The monoisotopic (exact) mass is 260 g/mol. The zero-order chi connectivity index (χ0) is 13.4. The average molecular weight is 260 g/mol. The maximum Gasteiger partial charge on any atom is 0.387 e. The van der Waals surface area contributed by atoms with Gasteiger partial charge in [0.2, 0.25) is 0 Å². The van der Waals surface area contributed by atoms with Gasteiger partial charge in [0.25, 0.3) is 0 Å². The first kappa shape index (κ1) is 14.2. The lowest BCUT2D eigenvalue weighted by molar-refractivity contribution is -0.0497. The van der Waals surface area contributed by atoms with E-state index in [1.165, 1.54) is 18.2 Å². The summed E-state index contributed by atoms with van der Waals surface area (Å²) in [5, 5.41) is 13.5. The number of halogens is 2. The van der Waals surface area contributed by atoms with E-state index in [1.807, 2.05) is 0 Å². The van der Waals surface area contributed by atoms with Crippen molar-refractivity contribution < 1.29 is 23.4 Å². The third-order valence-electron chi connectivity index (χ3n) is 1.94. The number of benzene rings is 1. The van der Waals surface area contributed by atoms with Crippen molar-refractivity contribution in [3.05, 3.63) is 24.3 Å². The number of alkyl halides is 2. The van der Waals surface area contributed by atoms with E-state index in [4.69, 9.17) is 5.11 Å². The summed E-state index contributed by atoms with van der Waals surface area (Å²) in [6.07, 6.45) is 0.446. The Morgan fingerprint density at radius 1 is 1.44 bits per heavy atom. The highest BCUT2D eigenvalue weighted by Crippen LogP contribution is 2.19. The molecule has 0 aromatic heterocycles. The number of ether oxygens (including phenoxy) is 1. The Morgan fingerprint density at radius 3 is 2.89 bits per heavy atom. The summed E-state index contributed by atoms with van der Waals surface area (Å²) >= 11 is 0. The minimum atomic E-state index is -2.90. The highest BCUT2D eigenvalue weighted by atomic mass is 19.3. The van der Waals surface area contributed by atoms with Crippen LogP contribution in [0.15, 0.2) is 24.3 Å². The molecule has 0 bridgehead atoms. The Kier molecular flexibility index (Phi) is 5.86. The molecule has 0 radical (unpaired) electrons. The molecule has 7 heteroatoms. The Labute approximate surface area is 103 Å². The topological polar surface area (TPSA) is 70.6 Å². The van der Waals surface area contributed by atoms with Crippen molar-refractivity contribution in [2.75, 3.05) is 18.5 Å². The van der Waals surface area contributed by atoms with E-state index >= 15 is 0 Å². The van der Waals surface area contributed by atoms with Crippen LogP contribution in [0, 0.1) is 0 Å². The summed E-state index contributed by atoms with van der Waals surface area (Å²) in [6.45, 7) is -2.59. The highest BCUT2D eigenvalue weighted by Gasteiger charge is 2.06. The summed E-state index contributed by atoms with van der Waals surface area (Å²) in [6, 6.07) is 5.21. The fourth-order valence-corrected chi connectivity index (χ4v) is 1.21. The molecule has 0 fully saturated rings. The molecule has 0 aliphatic heterocycles. The van der Waals surface area contributed by atoms with Gasteiger partial charge < -0.3 is 20.5 Å². The van der Waals surface area contributed by atoms with Crippen LogP contribution in [0.2, 0.25) is 0 Å². The summed E-state index contributed by atoms with van der Waals surface area (Å²) in [7, 11) is 0. The number of carbonyl (C=O) groups is 1. The van der Waals surface area contributed by atoms with Gasteiger partial charge in [-0.15, -0.1) is 0 Å². The Balaban J connectivity index is 2.48. The number of rotatable bonds is 6. The number of urea groups is 1. The zero-order valence-electron chi connectivity index (χ0n) is 9.53. The Morgan fingerprint density at radius 2 is 2.22 bits per heavy atom. The van der Waals surface area contributed by atoms with E-state index in [9.17, 15) is 13.6 Å². The molecule has 0 aliphatic carbocycles. The van der Waals surface area contributed by atoms with Gasteiger partial charge in [0.05, 0.1) is 0 Å². The first-order chi connectivity index (χ1) is 8.61. The zero-order valence-corrected chi connectivity index (χ0v) is 9.53. The number of aliphatic hydroxyl groups excluding tert-OH is 1. The van der Waals surface area contributed by atoms with E-state index in [0.717, 1.165) is 0 Å². The van der Waals surface area contributed by atoms with Crippen LogP contribution in [0.1, 0.15) is 6.42 Å².